The number of dihydropyridines is 1. The van der Waals surface area contributed by atoms with Crippen LogP contribution in [0.5, 0.6) is 0 Å². The molecule has 1 aliphatic carbocycles. The van der Waals surface area contributed by atoms with Crippen molar-refractivity contribution in [3.05, 3.63) is 93.8 Å². The van der Waals surface area contributed by atoms with Crippen LogP contribution in [-0.4, -0.2) is 31.4 Å². The fourth-order valence-electron chi connectivity index (χ4n) is 4.50. The molecule has 0 aromatic heterocycles. The molecular formula is C27H27NO5. The van der Waals surface area contributed by atoms with E-state index in [-0.39, 0.29) is 12.4 Å². The van der Waals surface area contributed by atoms with Gasteiger partial charge in [0.25, 0.3) is 0 Å². The molecule has 1 heterocycles. The number of esters is 2. The molecule has 0 saturated carbocycles. The molecule has 0 unspecified atom stereocenters. The molecular weight excluding hydrogens is 418 g/mol. The van der Waals surface area contributed by atoms with Crippen LogP contribution in [-0.2, 0) is 25.5 Å². The van der Waals surface area contributed by atoms with Crippen LogP contribution >= 0.6 is 0 Å². The third-order valence-corrected chi connectivity index (χ3v) is 6.13. The molecule has 2 aromatic carbocycles. The summed E-state index contributed by atoms with van der Waals surface area (Å²) in [6.07, 6.45) is 2.60. The van der Waals surface area contributed by atoms with Crippen LogP contribution in [0.3, 0.4) is 0 Å². The van der Waals surface area contributed by atoms with Crippen molar-refractivity contribution in [2.45, 2.75) is 38.5 Å². The van der Waals surface area contributed by atoms with Crippen molar-refractivity contribution < 1.29 is 23.9 Å². The Morgan fingerprint density at radius 1 is 1.00 bits per heavy atom. The smallest absolute Gasteiger partial charge is 0.337 e. The summed E-state index contributed by atoms with van der Waals surface area (Å²) in [5, 5.41) is 3.29. The van der Waals surface area contributed by atoms with Crippen molar-refractivity contribution in [1.82, 2.24) is 5.32 Å². The molecule has 6 nitrogen and oxygen atoms in total. The van der Waals surface area contributed by atoms with Crippen molar-refractivity contribution in [3.8, 4) is 0 Å². The Labute approximate surface area is 193 Å². The highest BCUT2D eigenvalue weighted by Gasteiger charge is 2.39. The molecule has 2 aliphatic rings. The van der Waals surface area contributed by atoms with Gasteiger partial charge < -0.3 is 14.8 Å². The number of ether oxygens (including phenoxy) is 2. The fraction of sp³-hybridized carbons (Fsp3) is 0.296. The minimum atomic E-state index is -0.537. The predicted octanol–water partition coefficient (Wildman–Crippen LogP) is 4.23. The summed E-state index contributed by atoms with van der Waals surface area (Å²) in [6, 6.07) is 16.7. The second-order valence-corrected chi connectivity index (χ2v) is 8.25. The number of hydrogen-bond acceptors (Lipinski definition) is 6. The van der Waals surface area contributed by atoms with Crippen LogP contribution in [0.15, 0.2) is 77.1 Å². The number of carbonyl (C=O) groups excluding carboxylic acids is 3. The zero-order chi connectivity index (χ0) is 23.4. The monoisotopic (exact) mass is 445 g/mol. The lowest BCUT2D eigenvalue weighted by molar-refractivity contribution is -0.139. The summed E-state index contributed by atoms with van der Waals surface area (Å²) in [4.78, 5) is 38.1. The standard InChI is InChI=1S/C27H27NO5/c1-17-23(27(31)33-16-15-18-7-4-3-5-8-18)24(25-21(28-17)9-6-10-22(25)29)19-11-13-20(14-12-19)26(30)32-2/h3-5,7-8,11-14,24,28H,6,9-10,15-16H2,1-2H3/t24-/m0/s1. The molecule has 1 atom stereocenters. The van der Waals surface area contributed by atoms with E-state index >= 15 is 0 Å². The average Bonchev–Trinajstić information content (AvgIpc) is 2.83. The predicted molar refractivity (Wildman–Crippen MR) is 123 cm³/mol. The molecule has 0 fully saturated rings. The first-order chi connectivity index (χ1) is 16.0. The van der Waals surface area contributed by atoms with Gasteiger partial charge in [0.2, 0.25) is 0 Å². The molecule has 1 aliphatic heterocycles. The number of rotatable bonds is 6. The van der Waals surface area contributed by atoms with E-state index in [0.29, 0.717) is 35.2 Å². The van der Waals surface area contributed by atoms with Gasteiger partial charge in [0, 0.05) is 35.7 Å². The summed E-state index contributed by atoms with van der Waals surface area (Å²) < 4.78 is 10.4. The van der Waals surface area contributed by atoms with E-state index in [9.17, 15) is 14.4 Å². The van der Waals surface area contributed by atoms with Crippen molar-refractivity contribution in [2.24, 2.45) is 0 Å². The van der Waals surface area contributed by atoms with Crippen LogP contribution in [0.25, 0.3) is 0 Å². The van der Waals surface area contributed by atoms with Crippen molar-refractivity contribution in [2.75, 3.05) is 13.7 Å². The van der Waals surface area contributed by atoms with Crippen molar-refractivity contribution >= 4 is 17.7 Å². The molecule has 170 valence electrons. The van der Waals surface area contributed by atoms with Gasteiger partial charge in [-0.15, -0.1) is 0 Å². The highest BCUT2D eigenvalue weighted by Crippen LogP contribution is 2.42. The lowest BCUT2D eigenvalue weighted by atomic mass is 9.75. The van der Waals surface area contributed by atoms with Gasteiger partial charge in [-0.1, -0.05) is 42.5 Å². The van der Waals surface area contributed by atoms with E-state index in [0.717, 1.165) is 29.7 Å². The maximum absolute atomic E-state index is 13.3. The number of methoxy groups -OCH3 is 1. The summed E-state index contributed by atoms with van der Waals surface area (Å²) in [7, 11) is 1.33. The van der Waals surface area contributed by atoms with E-state index in [1.807, 2.05) is 37.3 Å². The average molecular weight is 446 g/mol. The van der Waals surface area contributed by atoms with Gasteiger partial charge in [-0.05, 0) is 43.0 Å². The molecule has 4 rings (SSSR count). The Morgan fingerprint density at radius 2 is 1.73 bits per heavy atom. The number of nitrogens with one attached hydrogen (secondary N) is 1. The maximum atomic E-state index is 13.3. The first-order valence-electron chi connectivity index (χ1n) is 11.1. The van der Waals surface area contributed by atoms with Gasteiger partial charge in [-0.2, -0.15) is 0 Å². The Hall–Kier alpha value is -3.67. The maximum Gasteiger partial charge on any atom is 0.337 e. The van der Waals surface area contributed by atoms with E-state index in [4.69, 9.17) is 9.47 Å². The first-order valence-corrected chi connectivity index (χ1v) is 11.1. The molecule has 0 bridgehead atoms. The van der Waals surface area contributed by atoms with Crippen LogP contribution in [0.2, 0.25) is 0 Å². The summed E-state index contributed by atoms with van der Waals surface area (Å²) in [6.45, 7) is 2.08. The van der Waals surface area contributed by atoms with Gasteiger partial charge in [0.1, 0.15) is 0 Å². The lowest BCUT2D eigenvalue weighted by Gasteiger charge is -2.34. The molecule has 6 heteroatoms. The highest BCUT2D eigenvalue weighted by atomic mass is 16.5. The van der Waals surface area contributed by atoms with Gasteiger partial charge in [-0.25, -0.2) is 9.59 Å². The Morgan fingerprint density at radius 3 is 2.42 bits per heavy atom. The number of hydrogen-bond donors (Lipinski definition) is 1. The van der Waals surface area contributed by atoms with Crippen LogP contribution < -0.4 is 5.32 Å². The van der Waals surface area contributed by atoms with Gasteiger partial charge >= 0.3 is 11.9 Å². The second kappa shape index (κ2) is 9.86. The van der Waals surface area contributed by atoms with E-state index in [1.54, 1.807) is 24.3 Å². The van der Waals surface area contributed by atoms with Gasteiger partial charge in [0.15, 0.2) is 5.78 Å². The Kier molecular flexibility index (Phi) is 6.73. The molecule has 2 aromatic rings. The fourth-order valence-corrected chi connectivity index (χ4v) is 4.50. The first kappa shape index (κ1) is 22.5. The summed E-state index contributed by atoms with van der Waals surface area (Å²) >= 11 is 0. The van der Waals surface area contributed by atoms with Crippen LogP contribution in [0, 0.1) is 0 Å². The number of allylic oxidation sites excluding steroid dienone is 3. The Balaban J connectivity index is 1.64. The molecule has 0 amide bonds. The molecule has 1 N–H and O–H groups in total. The zero-order valence-electron chi connectivity index (χ0n) is 18.9. The topological polar surface area (TPSA) is 81.7 Å². The van der Waals surface area contributed by atoms with Crippen LogP contribution in [0.1, 0.15) is 53.6 Å². The van der Waals surface area contributed by atoms with Gasteiger partial charge in [-0.3, -0.25) is 4.79 Å². The van der Waals surface area contributed by atoms with Crippen molar-refractivity contribution in [1.29, 1.82) is 0 Å². The number of carbonyl (C=O) groups is 3. The van der Waals surface area contributed by atoms with Crippen LogP contribution in [0.4, 0.5) is 0 Å². The normalized spacial score (nSPS) is 17.9. The number of ketones is 1. The SMILES string of the molecule is COC(=O)c1ccc([C@H]2C(C(=O)OCCc3ccccc3)=C(C)NC3=C2C(=O)CCC3)cc1. The van der Waals surface area contributed by atoms with Crippen molar-refractivity contribution in [3.63, 3.8) is 0 Å². The highest BCUT2D eigenvalue weighted by molar-refractivity contribution is 6.03. The minimum Gasteiger partial charge on any atom is -0.465 e. The quantitative estimate of drug-likeness (QED) is 0.671. The second-order valence-electron chi connectivity index (χ2n) is 8.25. The zero-order valence-corrected chi connectivity index (χ0v) is 18.9. The largest absolute Gasteiger partial charge is 0.465 e. The van der Waals surface area contributed by atoms with Gasteiger partial charge in [0.05, 0.1) is 24.9 Å². The van der Waals surface area contributed by atoms with E-state index in [1.165, 1.54) is 7.11 Å². The Bertz CT molecular complexity index is 1130. The number of benzene rings is 2. The molecule has 0 spiro atoms. The molecule has 0 saturated heterocycles. The third kappa shape index (κ3) is 4.75. The summed E-state index contributed by atoms with van der Waals surface area (Å²) in [5.41, 5.74) is 4.87. The molecule has 0 radical (unpaired) electrons. The van der Waals surface area contributed by atoms with E-state index in [2.05, 4.69) is 5.32 Å². The number of Topliss-reactive ketones (excluding diaryl/α,β-unsaturated/α-hetero) is 1. The van der Waals surface area contributed by atoms with E-state index < -0.39 is 17.9 Å². The third-order valence-electron chi connectivity index (χ3n) is 6.13. The minimum absolute atomic E-state index is 0.0351. The lowest BCUT2D eigenvalue weighted by Crippen LogP contribution is -2.34. The summed E-state index contributed by atoms with van der Waals surface area (Å²) in [5.74, 6) is -1.38. The molecule has 33 heavy (non-hydrogen) atoms.